The topological polar surface area (TPSA) is 54.9 Å². The molecule has 0 unspecified atom stereocenters. The Balaban J connectivity index is 2.67. The van der Waals surface area contributed by atoms with Crippen molar-refractivity contribution in [2.24, 2.45) is 0 Å². The van der Waals surface area contributed by atoms with Gasteiger partial charge in [-0.15, -0.1) is 0 Å². The summed E-state index contributed by atoms with van der Waals surface area (Å²) in [6.07, 6.45) is 1.56. The van der Waals surface area contributed by atoms with E-state index in [9.17, 15) is 4.79 Å². The Labute approximate surface area is 93.1 Å². The molecule has 4 nitrogen and oxygen atoms in total. The number of amides is 1. The summed E-state index contributed by atoms with van der Waals surface area (Å²) in [5.74, 6) is 5.53. The highest BCUT2D eigenvalue weighted by molar-refractivity contribution is 6.28. The summed E-state index contributed by atoms with van der Waals surface area (Å²) < 4.78 is 0. The van der Waals surface area contributed by atoms with Crippen molar-refractivity contribution >= 4 is 17.5 Å². The molecule has 1 aromatic rings. The van der Waals surface area contributed by atoms with Gasteiger partial charge in [-0.3, -0.25) is 4.79 Å². The zero-order valence-electron chi connectivity index (χ0n) is 8.47. The van der Waals surface area contributed by atoms with Crippen LogP contribution in [0.25, 0.3) is 0 Å². The summed E-state index contributed by atoms with van der Waals surface area (Å²) in [4.78, 5) is 18.3. The first-order valence-electron chi connectivity index (χ1n) is 4.32. The van der Waals surface area contributed by atoms with Gasteiger partial charge in [0.2, 0.25) is 11.2 Å². The fourth-order valence-electron chi connectivity index (χ4n) is 0.870. The van der Waals surface area contributed by atoms with E-state index in [4.69, 9.17) is 11.6 Å². The molecule has 1 aromatic heterocycles. The average molecular weight is 224 g/mol. The molecule has 5 heteroatoms. The summed E-state index contributed by atoms with van der Waals surface area (Å²) in [6, 6.07) is 0. The van der Waals surface area contributed by atoms with Crippen molar-refractivity contribution in [3.05, 3.63) is 22.7 Å². The largest absolute Gasteiger partial charge is 0.345 e. The van der Waals surface area contributed by atoms with Gasteiger partial charge in [-0.1, -0.05) is 11.8 Å². The molecular formula is C10H10ClN3O. The minimum atomic E-state index is -0.103. The molecule has 0 atom stereocenters. The van der Waals surface area contributed by atoms with Crippen LogP contribution in [-0.2, 0) is 4.79 Å². The molecular weight excluding hydrogens is 214 g/mol. The SMILES string of the molecule is CC(=O)NCC#Cc1cnc(Cl)nc1C. The first kappa shape index (κ1) is 11.5. The van der Waals surface area contributed by atoms with Gasteiger partial charge in [0.1, 0.15) is 0 Å². The third-order valence-corrected chi connectivity index (χ3v) is 1.78. The van der Waals surface area contributed by atoms with Crippen molar-refractivity contribution in [1.29, 1.82) is 0 Å². The van der Waals surface area contributed by atoms with Crippen molar-refractivity contribution in [2.75, 3.05) is 6.54 Å². The zero-order chi connectivity index (χ0) is 11.3. The first-order valence-corrected chi connectivity index (χ1v) is 4.70. The van der Waals surface area contributed by atoms with Crippen molar-refractivity contribution in [3.8, 4) is 11.8 Å². The number of hydrogen-bond donors (Lipinski definition) is 1. The predicted octanol–water partition coefficient (Wildman–Crippen LogP) is 0.926. The number of nitrogens with one attached hydrogen (secondary N) is 1. The Morgan fingerprint density at radius 1 is 1.67 bits per heavy atom. The molecule has 0 radical (unpaired) electrons. The highest BCUT2D eigenvalue weighted by Crippen LogP contribution is 2.05. The van der Waals surface area contributed by atoms with Gasteiger partial charge in [-0.05, 0) is 18.5 Å². The van der Waals surface area contributed by atoms with E-state index < -0.39 is 0 Å². The zero-order valence-corrected chi connectivity index (χ0v) is 9.22. The van der Waals surface area contributed by atoms with Crippen molar-refractivity contribution < 1.29 is 4.79 Å². The third kappa shape index (κ3) is 3.96. The lowest BCUT2D eigenvalue weighted by Crippen LogP contribution is -2.19. The van der Waals surface area contributed by atoms with Gasteiger partial charge >= 0.3 is 0 Å². The van der Waals surface area contributed by atoms with Crippen LogP contribution >= 0.6 is 11.6 Å². The van der Waals surface area contributed by atoms with E-state index in [-0.39, 0.29) is 11.2 Å². The normalized spacial score (nSPS) is 9.00. The molecule has 0 fully saturated rings. The first-order chi connectivity index (χ1) is 7.09. The van der Waals surface area contributed by atoms with Crippen LogP contribution in [0, 0.1) is 18.8 Å². The van der Waals surface area contributed by atoms with Gasteiger partial charge in [0.15, 0.2) is 0 Å². The Hall–Kier alpha value is -1.60. The van der Waals surface area contributed by atoms with Crippen molar-refractivity contribution in [2.45, 2.75) is 13.8 Å². The van der Waals surface area contributed by atoms with Crippen LogP contribution < -0.4 is 5.32 Å². The smallest absolute Gasteiger partial charge is 0.222 e. The quantitative estimate of drug-likeness (QED) is 0.569. The molecule has 0 aromatic carbocycles. The molecule has 1 heterocycles. The van der Waals surface area contributed by atoms with Crippen LogP contribution in [0.3, 0.4) is 0 Å². The summed E-state index contributed by atoms with van der Waals surface area (Å²) in [5.41, 5.74) is 1.44. The minimum Gasteiger partial charge on any atom is -0.345 e. The molecule has 15 heavy (non-hydrogen) atoms. The fraction of sp³-hybridized carbons (Fsp3) is 0.300. The summed E-state index contributed by atoms with van der Waals surface area (Å²) in [5, 5.41) is 2.78. The number of rotatable bonds is 1. The predicted molar refractivity (Wildman–Crippen MR) is 57.3 cm³/mol. The van der Waals surface area contributed by atoms with Crippen LogP contribution in [0.1, 0.15) is 18.2 Å². The van der Waals surface area contributed by atoms with E-state index in [0.29, 0.717) is 12.1 Å². The number of hydrogen-bond acceptors (Lipinski definition) is 3. The molecule has 0 aliphatic rings. The van der Waals surface area contributed by atoms with Crippen LogP contribution in [0.4, 0.5) is 0 Å². The molecule has 1 rings (SSSR count). The average Bonchev–Trinajstić information content (AvgIpc) is 2.14. The second-order valence-electron chi connectivity index (χ2n) is 2.85. The lowest BCUT2D eigenvalue weighted by molar-refractivity contribution is -0.118. The van der Waals surface area contributed by atoms with Gasteiger partial charge in [0, 0.05) is 13.1 Å². The lowest BCUT2D eigenvalue weighted by atomic mass is 10.2. The standard InChI is InChI=1S/C10H10ClN3O/c1-7-9(6-13-10(11)14-7)4-3-5-12-8(2)15/h6H,5H2,1-2H3,(H,12,15). The molecule has 78 valence electrons. The molecule has 1 N–H and O–H groups in total. The molecule has 0 bridgehead atoms. The van der Waals surface area contributed by atoms with E-state index in [1.807, 2.05) is 0 Å². The molecule has 0 saturated heterocycles. The Kier molecular flexibility index (Phi) is 4.07. The maximum Gasteiger partial charge on any atom is 0.222 e. The van der Waals surface area contributed by atoms with Gasteiger partial charge < -0.3 is 5.32 Å². The monoisotopic (exact) mass is 223 g/mol. The maximum absolute atomic E-state index is 10.5. The van der Waals surface area contributed by atoms with Crippen molar-refractivity contribution in [3.63, 3.8) is 0 Å². The lowest BCUT2D eigenvalue weighted by Gasteiger charge is -1.96. The molecule has 0 spiro atoms. The second-order valence-corrected chi connectivity index (χ2v) is 3.19. The van der Waals surface area contributed by atoms with E-state index in [0.717, 1.165) is 5.69 Å². The van der Waals surface area contributed by atoms with Crippen LogP contribution in [-0.4, -0.2) is 22.4 Å². The molecule has 1 amide bonds. The van der Waals surface area contributed by atoms with Crippen LogP contribution in [0.5, 0.6) is 0 Å². The highest BCUT2D eigenvalue weighted by atomic mass is 35.5. The van der Waals surface area contributed by atoms with E-state index in [1.54, 1.807) is 13.1 Å². The second kappa shape index (κ2) is 5.32. The molecule has 0 aliphatic heterocycles. The number of nitrogens with zero attached hydrogens (tertiary/aromatic N) is 2. The number of carbonyl (C=O) groups is 1. The van der Waals surface area contributed by atoms with E-state index in [1.165, 1.54) is 6.92 Å². The molecule has 0 aliphatic carbocycles. The maximum atomic E-state index is 10.5. The van der Waals surface area contributed by atoms with Gasteiger partial charge in [0.25, 0.3) is 0 Å². The fourth-order valence-corrected chi connectivity index (χ4v) is 1.05. The summed E-state index contributed by atoms with van der Waals surface area (Å²) >= 11 is 5.59. The van der Waals surface area contributed by atoms with Gasteiger partial charge in [-0.2, -0.15) is 0 Å². The number of carbonyl (C=O) groups excluding carboxylic acids is 1. The summed E-state index contributed by atoms with van der Waals surface area (Å²) in [6.45, 7) is 3.56. The van der Waals surface area contributed by atoms with Gasteiger partial charge in [-0.25, -0.2) is 9.97 Å². The third-order valence-electron chi connectivity index (χ3n) is 1.60. The minimum absolute atomic E-state index is 0.103. The van der Waals surface area contributed by atoms with Gasteiger partial charge in [0.05, 0.1) is 17.8 Å². The number of aromatic nitrogens is 2. The molecule has 0 saturated carbocycles. The Bertz CT molecular complexity index is 434. The Morgan fingerprint density at radius 2 is 2.40 bits per heavy atom. The van der Waals surface area contributed by atoms with Crippen molar-refractivity contribution in [1.82, 2.24) is 15.3 Å². The number of halogens is 1. The van der Waals surface area contributed by atoms with Crippen LogP contribution in [0.2, 0.25) is 5.28 Å². The van der Waals surface area contributed by atoms with E-state index >= 15 is 0 Å². The van der Waals surface area contributed by atoms with E-state index in [2.05, 4.69) is 27.1 Å². The summed E-state index contributed by atoms with van der Waals surface area (Å²) in [7, 11) is 0. The highest BCUT2D eigenvalue weighted by Gasteiger charge is 1.97. The Morgan fingerprint density at radius 3 is 3.00 bits per heavy atom. The number of aryl methyl sites for hydroxylation is 1. The van der Waals surface area contributed by atoms with Crippen LogP contribution in [0.15, 0.2) is 6.20 Å².